The van der Waals surface area contributed by atoms with E-state index in [1.165, 1.54) is 12.8 Å². The maximum absolute atomic E-state index is 11.7. The number of methoxy groups -OCH3 is 1. The van der Waals surface area contributed by atoms with E-state index in [-0.39, 0.29) is 5.97 Å². The zero-order valence-electron chi connectivity index (χ0n) is 17.9. The SMILES string of the molecule is COC(=O)c1ccnc(CN2CCN(c3cccc4[nH]c(CC(C)C)nc34)CC2)c1. The molecule has 7 nitrogen and oxygen atoms in total. The number of aromatic amines is 1. The monoisotopic (exact) mass is 407 g/mol. The molecular formula is C23H29N5O2. The minimum Gasteiger partial charge on any atom is -0.465 e. The van der Waals surface area contributed by atoms with Crippen LogP contribution in [0.5, 0.6) is 0 Å². The number of aromatic nitrogens is 3. The highest BCUT2D eigenvalue weighted by Crippen LogP contribution is 2.27. The molecule has 30 heavy (non-hydrogen) atoms. The Morgan fingerprint density at radius 1 is 1.20 bits per heavy atom. The molecule has 1 aromatic carbocycles. The predicted molar refractivity (Wildman–Crippen MR) is 118 cm³/mol. The summed E-state index contributed by atoms with van der Waals surface area (Å²) in [5.41, 5.74) is 4.80. The molecule has 0 atom stereocenters. The van der Waals surface area contributed by atoms with Crippen molar-refractivity contribution in [3.05, 3.63) is 53.6 Å². The molecule has 0 aliphatic carbocycles. The molecule has 0 bridgehead atoms. The molecule has 1 aliphatic heterocycles. The molecule has 2 aromatic heterocycles. The van der Waals surface area contributed by atoms with E-state index >= 15 is 0 Å². The third-order valence-corrected chi connectivity index (χ3v) is 5.48. The first kappa shape index (κ1) is 20.3. The number of carbonyl (C=O) groups is 1. The molecular weight excluding hydrogens is 378 g/mol. The van der Waals surface area contributed by atoms with Crippen molar-refractivity contribution >= 4 is 22.7 Å². The van der Waals surface area contributed by atoms with Crippen LogP contribution in [0.4, 0.5) is 5.69 Å². The van der Waals surface area contributed by atoms with Crippen molar-refractivity contribution in [2.75, 3.05) is 38.2 Å². The number of H-pyrrole nitrogens is 1. The summed E-state index contributed by atoms with van der Waals surface area (Å²) in [6, 6.07) is 9.87. The Morgan fingerprint density at radius 2 is 2.00 bits per heavy atom. The van der Waals surface area contributed by atoms with Gasteiger partial charge in [0.15, 0.2) is 0 Å². The first-order valence-corrected chi connectivity index (χ1v) is 10.5. The van der Waals surface area contributed by atoms with Crippen molar-refractivity contribution in [3.63, 3.8) is 0 Å². The van der Waals surface area contributed by atoms with Crippen molar-refractivity contribution in [2.24, 2.45) is 5.92 Å². The molecule has 158 valence electrons. The molecule has 7 heteroatoms. The zero-order chi connectivity index (χ0) is 21.1. The van der Waals surface area contributed by atoms with E-state index in [1.807, 2.05) is 6.07 Å². The summed E-state index contributed by atoms with van der Waals surface area (Å²) in [5, 5.41) is 0. The molecule has 1 aliphatic rings. The third kappa shape index (κ3) is 4.46. The van der Waals surface area contributed by atoms with E-state index in [9.17, 15) is 4.79 Å². The first-order valence-electron chi connectivity index (χ1n) is 10.5. The number of nitrogens with one attached hydrogen (secondary N) is 1. The summed E-state index contributed by atoms with van der Waals surface area (Å²) in [4.78, 5) is 29.3. The molecule has 1 N–H and O–H groups in total. The van der Waals surface area contributed by atoms with Gasteiger partial charge in [-0.1, -0.05) is 19.9 Å². The van der Waals surface area contributed by atoms with Gasteiger partial charge in [-0.2, -0.15) is 0 Å². The summed E-state index contributed by atoms with van der Waals surface area (Å²) in [6.07, 6.45) is 2.63. The topological polar surface area (TPSA) is 74.3 Å². The Kier molecular flexibility index (Phi) is 5.99. The van der Waals surface area contributed by atoms with Gasteiger partial charge in [0.25, 0.3) is 0 Å². The summed E-state index contributed by atoms with van der Waals surface area (Å²) in [5.74, 6) is 1.30. The number of fused-ring (bicyclic) bond motifs is 1. The maximum atomic E-state index is 11.7. The molecule has 0 radical (unpaired) electrons. The second-order valence-corrected chi connectivity index (χ2v) is 8.25. The first-order chi connectivity index (χ1) is 14.5. The number of para-hydroxylation sites is 1. The molecule has 1 fully saturated rings. The van der Waals surface area contributed by atoms with Crippen LogP contribution in [0.1, 0.15) is 35.7 Å². The Balaban J connectivity index is 1.42. The average molecular weight is 408 g/mol. The lowest BCUT2D eigenvalue weighted by atomic mass is 10.1. The normalized spacial score (nSPS) is 15.1. The number of ether oxygens (including phenoxy) is 1. The second-order valence-electron chi connectivity index (χ2n) is 8.25. The molecule has 0 amide bonds. The average Bonchev–Trinajstić information content (AvgIpc) is 3.15. The van der Waals surface area contributed by atoms with Crippen molar-refractivity contribution in [1.29, 1.82) is 0 Å². The lowest BCUT2D eigenvalue weighted by Gasteiger charge is -2.36. The summed E-state index contributed by atoms with van der Waals surface area (Å²) in [7, 11) is 1.40. The van der Waals surface area contributed by atoms with Crippen LogP contribution in [0.15, 0.2) is 36.5 Å². The van der Waals surface area contributed by atoms with Crippen LogP contribution in [-0.4, -0.2) is 59.1 Å². The third-order valence-electron chi connectivity index (χ3n) is 5.48. The number of hydrogen-bond acceptors (Lipinski definition) is 6. The minimum absolute atomic E-state index is 0.326. The van der Waals surface area contributed by atoms with E-state index in [0.717, 1.165) is 61.7 Å². The summed E-state index contributed by atoms with van der Waals surface area (Å²) < 4.78 is 4.81. The molecule has 0 unspecified atom stereocenters. The van der Waals surface area contributed by atoms with Crippen LogP contribution in [0, 0.1) is 5.92 Å². The molecule has 4 rings (SSSR count). The number of esters is 1. The van der Waals surface area contributed by atoms with Gasteiger partial charge in [-0.05, 0) is 30.2 Å². The summed E-state index contributed by atoms with van der Waals surface area (Å²) >= 11 is 0. The van der Waals surface area contributed by atoms with Gasteiger partial charge in [0, 0.05) is 45.3 Å². The number of rotatable bonds is 6. The van der Waals surface area contributed by atoms with Crippen LogP contribution in [0.2, 0.25) is 0 Å². The fourth-order valence-corrected chi connectivity index (χ4v) is 3.99. The van der Waals surface area contributed by atoms with E-state index in [1.54, 1.807) is 12.3 Å². The molecule has 1 saturated heterocycles. The lowest BCUT2D eigenvalue weighted by molar-refractivity contribution is 0.0600. The number of anilines is 1. The predicted octanol–water partition coefficient (Wildman–Crippen LogP) is 3.27. The Labute approximate surface area is 177 Å². The van der Waals surface area contributed by atoms with Crippen LogP contribution < -0.4 is 4.90 Å². The number of piperazine rings is 1. The number of hydrogen-bond donors (Lipinski definition) is 1. The highest BCUT2D eigenvalue weighted by molar-refractivity contribution is 5.89. The van der Waals surface area contributed by atoms with Gasteiger partial charge >= 0.3 is 5.97 Å². The van der Waals surface area contributed by atoms with Crippen molar-refractivity contribution < 1.29 is 9.53 Å². The highest BCUT2D eigenvalue weighted by atomic mass is 16.5. The van der Waals surface area contributed by atoms with Crippen molar-refractivity contribution in [3.8, 4) is 0 Å². The molecule has 3 heterocycles. The number of benzene rings is 1. The van der Waals surface area contributed by atoms with Gasteiger partial charge in [-0.15, -0.1) is 0 Å². The van der Waals surface area contributed by atoms with Gasteiger partial charge in [0.2, 0.25) is 0 Å². The number of nitrogens with zero attached hydrogens (tertiary/aromatic N) is 4. The maximum Gasteiger partial charge on any atom is 0.337 e. The van der Waals surface area contributed by atoms with Crippen LogP contribution >= 0.6 is 0 Å². The number of imidazole rings is 1. The zero-order valence-corrected chi connectivity index (χ0v) is 17.9. The van der Waals surface area contributed by atoms with Gasteiger partial charge < -0.3 is 14.6 Å². The van der Waals surface area contributed by atoms with Gasteiger partial charge in [0.05, 0.1) is 29.6 Å². The standard InChI is InChI=1S/C23H29N5O2/c1-16(2)13-21-25-19-5-4-6-20(22(19)26-21)28-11-9-27(10-12-28)15-18-14-17(7-8-24-18)23(29)30-3/h4-8,14,16H,9-13,15H2,1-3H3,(H,25,26). The van der Waals surface area contributed by atoms with Gasteiger partial charge in [-0.25, -0.2) is 9.78 Å². The van der Waals surface area contributed by atoms with Crippen molar-refractivity contribution in [1.82, 2.24) is 19.9 Å². The fraction of sp³-hybridized carbons (Fsp3) is 0.435. The molecule has 0 saturated carbocycles. The van der Waals surface area contributed by atoms with E-state index in [2.05, 4.69) is 51.8 Å². The largest absolute Gasteiger partial charge is 0.465 e. The van der Waals surface area contributed by atoms with E-state index in [4.69, 9.17) is 9.72 Å². The fourth-order valence-electron chi connectivity index (χ4n) is 3.99. The van der Waals surface area contributed by atoms with Gasteiger partial charge in [0.1, 0.15) is 11.3 Å². The Bertz CT molecular complexity index is 1020. The van der Waals surface area contributed by atoms with Crippen LogP contribution in [0.3, 0.4) is 0 Å². The quantitative estimate of drug-likeness (QED) is 0.632. The lowest BCUT2D eigenvalue weighted by Crippen LogP contribution is -2.46. The molecule has 0 spiro atoms. The highest BCUT2D eigenvalue weighted by Gasteiger charge is 2.21. The Hall–Kier alpha value is -2.93. The number of pyridine rings is 1. The van der Waals surface area contributed by atoms with Crippen molar-refractivity contribution in [2.45, 2.75) is 26.8 Å². The van der Waals surface area contributed by atoms with Crippen LogP contribution in [-0.2, 0) is 17.7 Å². The van der Waals surface area contributed by atoms with E-state index < -0.39 is 0 Å². The second kappa shape index (κ2) is 8.83. The van der Waals surface area contributed by atoms with Gasteiger partial charge in [-0.3, -0.25) is 9.88 Å². The Morgan fingerprint density at radius 3 is 2.73 bits per heavy atom. The van der Waals surface area contributed by atoms with E-state index in [0.29, 0.717) is 11.5 Å². The molecule has 3 aromatic rings. The minimum atomic E-state index is -0.326. The van der Waals surface area contributed by atoms with Crippen LogP contribution in [0.25, 0.3) is 11.0 Å². The smallest absolute Gasteiger partial charge is 0.337 e. The summed E-state index contributed by atoms with van der Waals surface area (Å²) in [6.45, 7) is 8.88. The number of carbonyl (C=O) groups excluding carboxylic acids is 1.